The molecule has 1 saturated heterocycles. The number of halogens is 1. The van der Waals surface area contributed by atoms with Crippen molar-refractivity contribution >= 4 is 22.8 Å². The maximum absolute atomic E-state index is 15.5. The Morgan fingerprint density at radius 2 is 2.03 bits per heavy atom. The molecule has 0 aliphatic carbocycles. The first-order valence-corrected chi connectivity index (χ1v) is 11.8. The number of carbonyl (C=O) groups is 2. The van der Waals surface area contributed by atoms with Crippen molar-refractivity contribution in [2.24, 2.45) is 0 Å². The number of hydrogen-bond donors (Lipinski definition) is 2. The number of carbonyl (C=O) groups excluding carboxylic acids is 2. The largest absolute Gasteiger partial charge is 0.508 e. The number of aromatic nitrogens is 1. The summed E-state index contributed by atoms with van der Waals surface area (Å²) in [6.07, 6.45) is 0.855. The number of aromatic hydroxyl groups is 1. The van der Waals surface area contributed by atoms with Crippen molar-refractivity contribution in [2.45, 2.75) is 31.8 Å². The molecule has 35 heavy (non-hydrogen) atoms. The molecule has 2 aliphatic rings. The van der Waals surface area contributed by atoms with Gasteiger partial charge in [0, 0.05) is 29.6 Å². The number of amides is 3. The van der Waals surface area contributed by atoms with Gasteiger partial charge >= 0.3 is 6.03 Å². The third-order valence-corrected chi connectivity index (χ3v) is 6.76. The lowest BCUT2D eigenvalue weighted by atomic mass is 9.88. The van der Waals surface area contributed by atoms with E-state index in [9.17, 15) is 14.7 Å². The van der Waals surface area contributed by atoms with E-state index in [0.29, 0.717) is 47.3 Å². The molecule has 2 aliphatic heterocycles. The molecule has 3 aromatic rings. The number of ether oxygens (including phenoxy) is 1. The molecule has 0 bridgehead atoms. The summed E-state index contributed by atoms with van der Waals surface area (Å²) in [5.41, 5.74) is 2.52. The number of nitrogens with zero attached hydrogens (tertiary/aromatic N) is 3. The van der Waals surface area contributed by atoms with E-state index in [-0.39, 0.29) is 29.9 Å². The molecule has 184 valence electrons. The summed E-state index contributed by atoms with van der Waals surface area (Å²) in [5.74, 6) is -0.560. The molecule has 0 saturated carbocycles. The summed E-state index contributed by atoms with van der Waals surface area (Å²) < 4.78 is 21.0. The van der Waals surface area contributed by atoms with E-state index in [0.717, 1.165) is 6.54 Å². The van der Waals surface area contributed by atoms with Gasteiger partial charge in [0.05, 0.1) is 6.61 Å². The molecule has 3 heterocycles. The molecule has 2 aromatic carbocycles. The van der Waals surface area contributed by atoms with E-state index in [1.807, 2.05) is 19.0 Å². The zero-order valence-electron chi connectivity index (χ0n) is 20.0. The topological polar surface area (TPSA) is 89.1 Å². The monoisotopic (exact) mass is 480 g/mol. The van der Waals surface area contributed by atoms with Crippen molar-refractivity contribution in [1.29, 1.82) is 0 Å². The fourth-order valence-electron chi connectivity index (χ4n) is 5.27. The van der Waals surface area contributed by atoms with Gasteiger partial charge in [0.15, 0.2) is 11.6 Å². The van der Waals surface area contributed by atoms with E-state index in [4.69, 9.17) is 4.74 Å². The fourth-order valence-corrected chi connectivity index (χ4v) is 5.27. The Hall–Kier alpha value is -3.59. The molecule has 5 rings (SSSR count). The van der Waals surface area contributed by atoms with Crippen molar-refractivity contribution in [2.75, 3.05) is 33.8 Å². The summed E-state index contributed by atoms with van der Waals surface area (Å²) >= 11 is 0. The van der Waals surface area contributed by atoms with E-state index in [2.05, 4.69) is 4.98 Å². The van der Waals surface area contributed by atoms with Crippen LogP contribution in [-0.2, 0) is 11.2 Å². The number of imide groups is 1. The van der Waals surface area contributed by atoms with Crippen LogP contribution in [0, 0.1) is 5.82 Å². The minimum absolute atomic E-state index is 0.0490. The Kier molecular flexibility index (Phi) is 5.88. The third-order valence-electron chi connectivity index (χ3n) is 6.76. The minimum Gasteiger partial charge on any atom is -0.508 e. The second-order valence-electron chi connectivity index (χ2n) is 9.30. The standard InChI is InChI=1S/C26H29FN4O4/c1-4-35-20-10-9-18-21(22(20)27)17-14-19-25(33)30(12-6-11-29(2)3)26(34)31(19)24(23(17)28-18)15-7-5-8-16(32)13-15/h5,7-10,13,19,24,28,32H,4,6,11-12,14H2,1-3H3. The van der Waals surface area contributed by atoms with E-state index < -0.39 is 17.9 Å². The molecule has 0 spiro atoms. The van der Waals surface area contributed by atoms with E-state index >= 15 is 4.39 Å². The number of nitrogens with one attached hydrogen (secondary N) is 1. The SMILES string of the molecule is CCOc1ccc2[nH]c3c(c2c1F)CC1C(=O)N(CCCN(C)C)C(=O)N1C3c1cccc(O)c1. The molecular formula is C26H29FN4O4. The van der Waals surface area contributed by atoms with Crippen molar-refractivity contribution in [3.8, 4) is 11.5 Å². The molecule has 1 aromatic heterocycles. The number of fused-ring (bicyclic) bond motifs is 4. The Morgan fingerprint density at radius 1 is 1.23 bits per heavy atom. The van der Waals surface area contributed by atoms with Crippen LogP contribution < -0.4 is 4.74 Å². The van der Waals surface area contributed by atoms with Crippen LogP contribution in [0.15, 0.2) is 36.4 Å². The molecular weight excluding hydrogens is 451 g/mol. The number of H-pyrrole nitrogens is 1. The van der Waals surface area contributed by atoms with Crippen LogP contribution in [0.1, 0.15) is 36.2 Å². The van der Waals surface area contributed by atoms with Crippen molar-refractivity contribution in [3.63, 3.8) is 0 Å². The maximum atomic E-state index is 15.5. The smallest absolute Gasteiger partial charge is 0.328 e. The highest BCUT2D eigenvalue weighted by atomic mass is 19.1. The number of benzene rings is 2. The van der Waals surface area contributed by atoms with Gasteiger partial charge in [-0.25, -0.2) is 9.18 Å². The third kappa shape index (κ3) is 3.80. The lowest BCUT2D eigenvalue weighted by molar-refractivity contribution is -0.128. The molecule has 8 nitrogen and oxygen atoms in total. The van der Waals surface area contributed by atoms with Crippen molar-refractivity contribution in [1.82, 2.24) is 19.7 Å². The van der Waals surface area contributed by atoms with Gasteiger partial charge in [-0.1, -0.05) is 12.1 Å². The zero-order chi connectivity index (χ0) is 24.9. The normalized spacial score (nSPS) is 19.6. The molecule has 3 amide bonds. The van der Waals surface area contributed by atoms with Crippen LogP contribution in [0.2, 0.25) is 0 Å². The van der Waals surface area contributed by atoms with Gasteiger partial charge in [0.25, 0.3) is 5.91 Å². The van der Waals surface area contributed by atoms with Crippen LogP contribution in [0.4, 0.5) is 9.18 Å². The summed E-state index contributed by atoms with van der Waals surface area (Å²) in [5, 5.41) is 10.6. The van der Waals surface area contributed by atoms with Gasteiger partial charge < -0.3 is 19.7 Å². The van der Waals surface area contributed by atoms with Crippen molar-refractivity contribution < 1.29 is 23.8 Å². The lowest BCUT2D eigenvalue weighted by Crippen LogP contribution is -2.44. The highest BCUT2D eigenvalue weighted by molar-refractivity contribution is 6.05. The second kappa shape index (κ2) is 8.88. The van der Waals surface area contributed by atoms with Crippen molar-refractivity contribution in [3.05, 3.63) is 59.0 Å². The number of hydrogen-bond acceptors (Lipinski definition) is 5. The van der Waals surface area contributed by atoms with Gasteiger partial charge in [0.1, 0.15) is 17.8 Å². The van der Waals surface area contributed by atoms with Crippen LogP contribution in [0.25, 0.3) is 10.9 Å². The van der Waals surface area contributed by atoms with Crippen LogP contribution in [0.5, 0.6) is 11.5 Å². The average molecular weight is 481 g/mol. The van der Waals surface area contributed by atoms with Crippen LogP contribution >= 0.6 is 0 Å². The number of aromatic amines is 1. The Balaban J connectivity index is 1.64. The van der Waals surface area contributed by atoms with E-state index in [1.54, 1.807) is 48.2 Å². The molecule has 2 N–H and O–H groups in total. The number of phenols is 1. The Morgan fingerprint density at radius 3 is 2.74 bits per heavy atom. The molecule has 0 radical (unpaired) electrons. The average Bonchev–Trinajstić information content (AvgIpc) is 3.30. The minimum atomic E-state index is -0.754. The quantitative estimate of drug-likeness (QED) is 0.504. The summed E-state index contributed by atoms with van der Waals surface area (Å²) in [7, 11) is 3.88. The predicted molar refractivity (Wildman–Crippen MR) is 129 cm³/mol. The Bertz CT molecular complexity index is 1300. The number of phenolic OH excluding ortho intramolecular Hbond substituents is 1. The predicted octanol–water partition coefficient (Wildman–Crippen LogP) is 3.64. The number of rotatable bonds is 7. The maximum Gasteiger partial charge on any atom is 0.328 e. The first kappa shape index (κ1) is 23.2. The summed E-state index contributed by atoms with van der Waals surface area (Å²) in [6, 6.07) is 8.17. The van der Waals surface area contributed by atoms with E-state index in [1.165, 1.54) is 4.90 Å². The van der Waals surface area contributed by atoms with Crippen LogP contribution in [0.3, 0.4) is 0 Å². The highest BCUT2D eigenvalue weighted by Gasteiger charge is 2.52. The molecule has 9 heteroatoms. The van der Waals surface area contributed by atoms with Crippen LogP contribution in [-0.4, -0.2) is 76.6 Å². The molecule has 1 fully saturated rings. The summed E-state index contributed by atoms with van der Waals surface area (Å²) in [4.78, 5) is 35.2. The van der Waals surface area contributed by atoms with Gasteiger partial charge in [-0.15, -0.1) is 0 Å². The van der Waals surface area contributed by atoms with Gasteiger partial charge in [0.2, 0.25) is 0 Å². The lowest BCUT2D eigenvalue weighted by Gasteiger charge is -2.36. The van der Waals surface area contributed by atoms with Gasteiger partial charge in [-0.05, 0) is 69.4 Å². The number of urea groups is 1. The Labute approximate surface area is 202 Å². The van der Waals surface area contributed by atoms with Gasteiger partial charge in [-0.3, -0.25) is 14.6 Å². The summed E-state index contributed by atoms with van der Waals surface area (Å²) in [6.45, 7) is 3.17. The first-order valence-electron chi connectivity index (χ1n) is 11.8. The molecule has 2 unspecified atom stereocenters. The first-order chi connectivity index (χ1) is 16.8. The zero-order valence-corrected chi connectivity index (χ0v) is 20.0. The second-order valence-corrected chi connectivity index (χ2v) is 9.30. The molecule has 2 atom stereocenters. The fraction of sp³-hybridized carbons (Fsp3) is 0.385. The van der Waals surface area contributed by atoms with Gasteiger partial charge in [-0.2, -0.15) is 0 Å². The highest BCUT2D eigenvalue weighted by Crippen LogP contribution is 2.45.